The minimum Gasteiger partial charge on any atom is -0.392 e. The average Bonchev–Trinajstić information content (AvgIpc) is 3.28. The van der Waals surface area contributed by atoms with E-state index in [-0.39, 0.29) is 48.2 Å². The Morgan fingerprint density at radius 1 is 1.32 bits per heavy atom. The van der Waals surface area contributed by atoms with Crippen molar-refractivity contribution >= 4 is 29.1 Å². The molecule has 1 aromatic rings. The highest BCUT2D eigenvalue weighted by molar-refractivity contribution is 7.09. The lowest BCUT2D eigenvalue weighted by molar-refractivity contribution is -0.144. The summed E-state index contributed by atoms with van der Waals surface area (Å²) in [6.07, 6.45) is 4.61. The molecule has 3 rings (SSSR count). The zero-order chi connectivity index (χ0) is 27.5. The predicted molar refractivity (Wildman–Crippen MR) is 147 cm³/mol. The van der Waals surface area contributed by atoms with Crippen molar-refractivity contribution in [3.05, 3.63) is 34.3 Å². The standard InChI is InChI=1S/C29H44N2O5S/c1-8-11-28(6)23(32)15-25(33)31-22(18(3)13-21-16-37-20(5)30-21)14-24-29(7,36-24)12-9-10-17(2)26(34)19(4)27(28)35/h8,13,16-17,19,22-24,26,32,34H,1,9-12,14-15H2,2-7H3,(H,31,33)/b18-13+/t17-,19+,22-,23-,24-,26-,28+,29+/m0/s1. The average molecular weight is 533 g/mol. The number of carbonyl (C=O) groups is 2. The van der Waals surface area contributed by atoms with Gasteiger partial charge in [0, 0.05) is 17.7 Å². The third kappa shape index (κ3) is 6.96. The number of Topliss-reactive ketones (excluding diaryl/α,β-unsaturated/α-hetero) is 1. The fourth-order valence-corrected chi connectivity index (χ4v) is 6.20. The Hall–Kier alpha value is -1.87. The molecule has 37 heavy (non-hydrogen) atoms. The molecule has 1 aromatic heterocycles. The summed E-state index contributed by atoms with van der Waals surface area (Å²) in [4.78, 5) is 31.3. The molecule has 2 aliphatic rings. The second-order valence-electron chi connectivity index (χ2n) is 11.6. The van der Waals surface area contributed by atoms with E-state index in [1.54, 1.807) is 31.3 Å². The first-order valence-electron chi connectivity index (χ1n) is 13.4. The van der Waals surface area contributed by atoms with Gasteiger partial charge in [-0.3, -0.25) is 9.59 Å². The van der Waals surface area contributed by atoms with Gasteiger partial charge in [-0.15, -0.1) is 17.9 Å². The molecule has 0 spiro atoms. The van der Waals surface area contributed by atoms with Crippen LogP contribution in [0.5, 0.6) is 0 Å². The fraction of sp³-hybridized carbons (Fsp3) is 0.690. The van der Waals surface area contributed by atoms with Gasteiger partial charge in [0.25, 0.3) is 0 Å². The van der Waals surface area contributed by atoms with Crippen molar-refractivity contribution in [3.8, 4) is 0 Å². The number of ketones is 1. The number of hydrogen-bond donors (Lipinski definition) is 3. The number of ether oxygens (including phenoxy) is 1. The number of amides is 1. The van der Waals surface area contributed by atoms with E-state index in [0.717, 1.165) is 35.5 Å². The third-order valence-electron chi connectivity index (χ3n) is 8.47. The van der Waals surface area contributed by atoms with E-state index >= 15 is 0 Å². The summed E-state index contributed by atoms with van der Waals surface area (Å²) in [7, 11) is 0. The molecule has 3 N–H and O–H groups in total. The Bertz CT molecular complexity index is 1020. The molecule has 8 heteroatoms. The number of aromatic nitrogens is 1. The second kappa shape index (κ2) is 11.9. The lowest BCUT2D eigenvalue weighted by Gasteiger charge is -2.37. The zero-order valence-corrected chi connectivity index (χ0v) is 23.9. The molecular weight excluding hydrogens is 488 g/mol. The van der Waals surface area contributed by atoms with Crippen LogP contribution in [0.1, 0.15) is 83.8 Å². The van der Waals surface area contributed by atoms with E-state index in [0.29, 0.717) is 6.42 Å². The molecule has 2 saturated heterocycles. The molecule has 1 amide bonds. The van der Waals surface area contributed by atoms with E-state index in [1.807, 2.05) is 32.2 Å². The van der Waals surface area contributed by atoms with Crippen LogP contribution >= 0.6 is 11.3 Å². The van der Waals surface area contributed by atoms with Crippen LogP contribution in [-0.2, 0) is 14.3 Å². The van der Waals surface area contributed by atoms with Crippen LogP contribution in [0, 0.1) is 24.2 Å². The summed E-state index contributed by atoms with van der Waals surface area (Å²) >= 11 is 1.57. The van der Waals surface area contributed by atoms with E-state index in [1.165, 1.54) is 0 Å². The van der Waals surface area contributed by atoms with Crippen LogP contribution in [0.4, 0.5) is 0 Å². The maximum atomic E-state index is 13.6. The molecule has 0 radical (unpaired) electrons. The van der Waals surface area contributed by atoms with Gasteiger partial charge < -0.3 is 20.3 Å². The molecule has 7 nitrogen and oxygen atoms in total. The number of aliphatic hydroxyl groups is 2. The predicted octanol–water partition coefficient (Wildman–Crippen LogP) is 4.61. The lowest BCUT2D eigenvalue weighted by Crippen LogP contribution is -2.48. The Morgan fingerprint density at radius 2 is 2.03 bits per heavy atom. The SMILES string of the molecule is C=CC[C@@]1(C)C(=O)[C@H](C)[C@@H](O)[C@@H](C)CCC[C@@]2(C)O[C@H]2C[C@@H](/C(C)=C/c2csc(C)n2)NC(=O)C[C@@H]1O. The third-order valence-corrected chi connectivity index (χ3v) is 9.26. The number of epoxide rings is 1. The quantitative estimate of drug-likeness (QED) is 0.386. The molecule has 0 aromatic carbocycles. The first-order chi connectivity index (χ1) is 17.3. The van der Waals surface area contributed by atoms with Crippen LogP contribution in [0.25, 0.3) is 6.08 Å². The van der Waals surface area contributed by atoms with Crippen LogP contribution < -0.4 is 5.32 Å². The summed E-state index contributed by atoms with van der Waals surface area (Å²) < 4.78 is 6.12. The van der Waals surface area contributed by atoms with Crippen LogP contribution in [-0.4, -0.2) is 56.8 Å². The number of thiazole rings is 1. The van der Waals surface area contributed by atoms with Gasteiger partial charge in [0.2, 0.25) is 5.91 Å². The first kappa shape index (κ1) is 29.7. The van der Waals surface area contributed by atoms with Gasteiger partial charge in [-0.25, -0.2) is 4.98 Å². The van der Waals surface area contributed by atoms with Crippen molar-refractivity contribution < 1.29 is 24.5 Å². The van der Waals surface area contributed by atoms with Crippen molar-refractivity contribution in [1.82, 2.24) is 10.3 Å². The summed E-state index contributed by atoms with van der Waals surface area (Å²) in [5.74, 6) is -1.34. The number of aryl methyl sites for hydroxylation is 1. The van der Waals surface area contributed by atoms with Crippen LogP contribution in [0.2, 0.25) is 0 Å². The maximum Gasteiger partial charge on any atom is 0.223 e. The number of rotatable bonds is 4. The highest BCUT2D eigenvalue weighted by atomic mass is 32.1. The first-order valence-corrected chi connectivity index (χ1v) is 14.3. The summed E-state index contributed by atoms with van der Waals surface area (Å²) in [6.45, 7) is 15.1. The van der Waals surface area contributed by atoms with Crippen molar-refractivity contribution in [2.75, 3.05) is 0 Å². The molecule has 2 aliphatic heterocycles. The van der Waals surface area contributed by atoms with Crippen molar-refractivity contribution in [1.29, 1.82) is 0 Å². The Labute approximate surface area is 225 Å². The van der Waals surface area contributed by atoms with Gasteiger partial charge in [0.05, 0.1) is 52.5 Å². The number of nitrogens with one attached hydrogen (secondary N) is 1. The van der Waals surface area contributed by atoms with E-state index in [4.69, 9.17) is 4.74 Å². The van der Waals surface area contributed by atoms with Gasteiger partial charge in [-0.2, -0.15) is 0 Å². The minimum atomic E-state index is -1.23. The fourth-order valence-electron chi connectivity index (χ4n) is 5.63. The number of hydrogen-bond acceptors (Lipinski definition) is 7. The van der Waals surface area contributed by atoms with Crippen molar-refractivity contribution in [2.24, 2.45) is 17.3 Å². The Balaban J connectivity index is 1.90. The molecule has 0 bridgehead atoms. The number of aliphatic hydroxyl groups excluding tert-OH is 2. The van der Waals surface area contributed by atoms with E-state index < -0.39 is 23.5 Å². The summed E-state index contributed by atoms with van der Waals surface area (Å²) in [5, 5.41) is 28.2. The zero-order valence-electron chi connectivity index (χ0n) is 23.1. The molecule has 0 saturated carbocycles. The van der Waals surface area contributed by atoms with Gasteiger partial charge in [0.1, 0.15) is 5.78 Å². The smallest absolute Gasteiger partial charge is 0.223 e. The minimum absolute atomic E-state index is 0.00270. The van der Waals surface area contributed by atoms with Gasteiger partial charge >= 0.3 is 0 Å². The molecule has 8 atom stereocenters. The lowest BCUT2D eigenvalue weighted by atomic mass is 9.69. The largest absolute Gasteiger partial charge is 0.392 e. The summed E-state index contributed by atoms with van der Waals surface area (Å²) in [6, 6.07) is -0.289. The Morgan fingerprint density at radius 3 is 2.65 bits per heavy atom. The van der Waals surface area contributed by atoms with Crippen LogP contribution in [0.15, 0.2) is 23.6 Å². The molecule has 2 fully saturated rings. The van der Waals surface area contributed by atoms with Gasteiger partial charge in [0.15, 0.2) is 0 Å². The number of fused-ring (bicyclic) bond motifs is 1. The highest BCUT2D eigenvalue weighted by Gasteiger charge is 2.52. The number of allylic oxidation sites excluding steroid dienone is 1. The highest BCUT2D eigenvalue weighted by Crippen LogP contribution is 2.44. The maximum absolute atomic E-state index is 13.6. The molecular formula is C29H44N2O5S. The van der Waals surface area contributed by atoms with E-state index in [9.17, 15) is 19.8 Å². The monoisotopic (exact) mass is 532 g/mol. The van der Waals surface area contributed by atoms with Gasteiger partial charge in [-0.1, -0.05) is 26.3 Å². The summed E-state index contributed by atoms with van der Waals surface area (Å²) in [5.41, 5.74) is 0.313. The van der Waals surface area contributed by atoms with Crippen molar-refractivity contribution in [2.45, 2.75) is 110 Å². The second-order valence-corrected chi connectivity index (χ2v) is 12.7. The number of nitrogens with zero attached hydrogens (tertiary/aromatic N) is 1. The molecule has 3 heterocycles. The molecule has 206 valence electrons. The number of carbonyl (C=O) groups excluding carboxylic acids is 2. The normalized spacial score (nSPS) is 38.5. The van der Waals surface area contributed by atoms with Gasteiger partial charge in [-0.05, 0) is 64.5 Å². The van der Waals surface area contributed by atoms with Crippen LogP contribution in [0.3, 0.4) is 0 Å². The van der Waals surface area contributed by atoms with Crippen molar-refractivity contribution in [3.63, 3.8) is 0 Å². The van der Waals surface area contributed by atoms with E-state index in [2.05, 4.69) is 23.8 Å². The Kier molecular flexibility index (Phi) is 9.54. The molecule has 0 unspecified atom stereocenters. The topological polar surface area (TPSA) is 112 Å². The molecule has 0 aliphatic carbocycles.